The first-order valence-electron chi connectivity index (χ1n) is 6.09. The molecule has 0 radical (unpaired) electrons. The first-order chi connectivity index (χ1) is 8.32. The second-order valence-corrected chi connectivity index (χ2v) is 5.46. The molecule has 5 nitrogen and oxygen atoms in total. The highest BCUT2D eigenvalue weighted by Crippen LogP contribution is 2.13. The molecule has 0 bridgehead atoms. The number of aliphatic carboxylic acids is 1. The molecule has 0 aliphatic carbocycles. The van der Waals surface area contributed by atoms with Crippen molar-refractivity contribution < 1.29 is 14.7 Å². The molecule has 0 spiro atoms. The summed E-state index contributed by atoms with van der Waals surface area (Å²) in [5.41, 5.74) is -1.21. The van der Waals surface area contributed by atoms with Gasteiger partial charge in [-0.15, -0.1) is 0 Å². The average molecular weight is 276 g/mol. The van der Waals surface area contributed by atoms with Crippen LogP contribution in [0.4, 0.5) is 4.79 Å². The number of carbonyl (C=O) groups is 2. The van der Waals surface area contributed by atoms with Crippen molar-refractivity contribution in [2.45, 2.75) is 45.2 Å². The first-order valence-corrected chi connectivity index (χ1v) is 7.49. The van der Waals surface area contributed by atoms with Gasteiger partial charge in [-0.1, -0.05) is 13.8 Å². The zero-order chi connectivity index (χ0) is 14.3. The lowest BCUT2D eigenvalue weighted by Gasteiger charge is -2.32. The molecule has 2 N–H and O–H groups in total. The van der Waals surface area contributed by atoms with Crippen LogP contribution in [0.2, 0.25) is 0 Å². The fraction of sp³-hybridized carbons (Fsp3) is 0.833. The topological polar surface area (TPSA) is 69.6 Å². The Labute approximate surface area is 113 Å². The van der Waals surface area contributed by atoms with Crippen molar-refractivity contribution >= 4 is 23.8 Å². The normalized spacial score (nSPS) is 15.6. The van der Waals surface area contributed by atoms with Gasteiger partial charge in [0.2, 0.25) is 0 Å². The maximum Gasteiger partial charge on any atom is 0.329 e. The number of carboxylic acid groups (broad SMARTS) is 1. The first kappa shape index (κ1) is 17.1. The van der Waals surface area contributed by atoms with E-state index in [9.17, 15) is 9.59 Å². The van der Waals surface area contributed by atoms with Gasteiger partial charge in [-0.05, 0) is 26.0 Å². The summed E-state index contributed by atoms with van der Waals surface area (Å²) < 4.78 is 0. The molecule has 0 aliphatic rings. The van der Waals surface area contributed by atoms with E-state index in [0.717, 1.165) is 12.2 Å². The number of nitrogens with zero attached hydrogens (tertiary/aromatic N) is 1. The SMILES string of the molecule is CCC(CSC)N(C)C(=O)NC(C)(CC)C(=O)O. The summed E-state index contributed by atoms with van der Waals surface area (Å²) in [5, 5.41) is 11.7. The van der Waals surface area contributed by atoms with Crippen molar-refractivity contribution in [3.05, 3.63) is 0 Å². The zero-order valence-electron chi connectivity index (χ0n) is 11.8. The quantitative estimate of drug-likeness (QED) is 0.746. The minimum absolute atomic E-state index is 0.120. The number of carboxylic acids is 1. The van der Waals surface area contributed by atoms with E-state index in [1.807, 2.05) is 13.2 Å². The van der Waals surface area contributed by atoms with Crippen LogP contribution in [0.5, 0.6) is 0 Å². The molecule has 0 rings (SSSR count). The zero-order valence-corrected chi connectivity index (χ0v) is 12.6. The Morgan fingerprint density at radius 1 is 1.44 bits per heavy atom. The van der Waals surface area contributed by atoms with Crippen LogP contribution in [-0.2, 0) is 4.79 Å². The van der Waals surface area contributed by atoms with E-state index in [2.05, 4.69) is 5.32 Å². The van der Waals surface area contributed by atoms with Crippen LogP contribution < -0.4 is 5.32 Å². The predicted octanol–water partition coefficient (Wildman–Crippen LogP) is 2.02. The van der Waals surface area contributed by atoms with Crippen LogP contribution in [-0.4, -0.2) is 52.6 Å². The van der Waals surface area contributed by atoms with Crippen molar-refractivity contribution in [3.8, 4) is 0 Å². The molecule has 0 heterocycles. The Balaban J connectivity index is 4.69. The molecule has 6 heteroatoms. The van der Waals surface area contributed by atoms with Gasteiger partial charge in [0.15, 0.2) is 0 Å². The fourth-order valence-electron chi connectivity index (χ4n) is 1.48. The molecular formula is C12H24N2O3S. The molecule has 0 aromatic carbocycles. The van der Waals surface area contributed by atoms with Gasteiger partial charge in [0, 0.05) is 18.8 Å². The fourth-order valence-corrected chi connectivity index (χ4v) is 2.32. The largest absolute Gasteiger partial charge is 0.480 e. The standard InChI is InChI=1S/C12H24N2O3S/c1-6-9(8-18-5)14(4)11(17)13-12(3,7-2)10(15)16/h9H,6-8H2,1-5H3,(H,13,17)(H,15,16). The molecule has 0 aromatic heterocycles. The van der Waals surface area contributed by atoms with E-state index in [1.54, 1.807) is 30.6 Å². The highest BCUT2D eigenvalue weighted by molar-refractivity contribution is 7.98. The number of urea groups is 1. The third-order valence-corrected chi connectivity index (χ3v) is 3.98. The van der Waals surface area contributed by atoms with Gasteiger partial charge < -0.3 is 15.3 Å². The lowest BCUT2D eigenvalue weighted by atomic mass is 9.99. The van der Waals surface area contributed by atoms with Crippen molar-refractivity contribution in [2.24, 2.45) is 0 Å². The van der Waals surface area contributed by atoms with Crippen LogP contribution in [0.15, 0.2) is 0 Å². The van der Waals surface area contributed by atoms with E-state index in [0.29, 0.717) is 6.42 Å². The van der Waals surface area contributed by atoms with Crippen LogP contribution >= 0.6 is 11.8 Å². The predicted molar refractivity (Wildman–Crippen MR) is 75.1 cm³/mol. The lowest BCUT2D eigenvalue weighted by Crippen LogP contribution is -2.56. The third-order valence-electron chi connectivity index (χ3n) is 3.26. The van der Waals surface area contributed by atoms with Crippen LogP contribution in [0.3, 0.4) is 0 Å². The minimum atomic E-state index is -1.21. The van der Waals surface area contributed by atoms with Crippen molar-refractivity contribution in [1.29, 1.82) is 0 Å². The molecule has 18 heavy (non-hydrogen) atoms. The van der Waals surface area contributed by atoms with Gasteiger partial charge in [-0.25, -0.2) is 9.59 Å². The van der Waals surface area contributed by atoms with Gasteiger partial charge in [-0.2, -0.15) is 11.8 Å². The number of thioether (sulfide) groups is 1. The lowest BCUT2D eigenvalue weighted by molar-refractivity contribution is -0.143. The Bertz CT molecular complexity index is 299. The van der Waals surface area contributed by atoms with Crippen molar-refractivity contribution in [3.63, 3.8) is 0 Å². The van der Waals surface area contributed by atoms with Gasteiger partial charge in [-0.3, -0.25) is 0 Å². The van der Waals surface area contributed by atoms with Crippen LogP contribution in [0, 0.1) is 0 Å². The minimum Gasteiger partial charge on any atom is -0.480 e. The molecule has 2 unspecified atom stereocenters. The molecular weight excluding hydrogens is 252 g/mol. The summed E-state index contributed by atoms with van der Waals surface area (Å²) in [6.07, 6.45) is 3.18. The average Bonchev–Trinajstić information content (AvgIpc) is 2.34. The van der Waals surface area contributed by atoms with Crippen LogP contribution in [0.25, 0.3) is 0 Å². The Morgan fingerprint density at radius 2 is 2.00 bits per heavy atom. The molecule has 0 saturated carbocycles. The van der Waals surface area contributed by atoms with Crippen LogP contribution in [0.1, 0.15) is 33.6 Å². The second kappa shape index (κ2) is 7.51. The number of hydrogen-bond donors (Lipinski definition) is 2. The van der Waals surface area contributed by atoms with Crippen molar-refractivity contribution in [2.75, 3.05) is 19.1 Å². The van der Waals surface area contributed by atoms with Gasteiger partial charge in [0.05, 0.1) is 0 Å². The maximum absolute atomic E-state index is 12.0. The Morgan fingerprint density at radius 3 is 2.33 bits per heavy atom. The monoisotopic (exact) mass is 276 g/mol. The van der Waals surface area contributed by atoms with Gasteiger partial charge in [0.1, 0.15) is 5.54 Å². The highest BCUT2D eigenvalue weighted by Gasteiger charge is 2.34. The summed E-state index contributed by atoms with van der Waals surface area (Å²) in [4.78, 5) is 24.8. The number of nitrogens with one attached hydrogen (secondary N) is 1. The molecule has 0 fully saturated rings. The summed E-state index contributed by atoms with van der Waals surface area (Å²) in [6.45, 7) is 5.28. The molecule has 2 atom stereocenters. The molecule has 0 aliphatic heterocycles. The summed E-state index contributed by atoms with van der Waals surface area (Å²) in [6, 6.07) is -0.211. The summed E-state index contributed by atoms with van der Waals surface area (Å²) in [7, 11) is 1.71. The molecule has 106 valence electrons. The van der Waals surface area contributed by atoms with Crippen molar-refractivity contribution in [1.82, 2.24) is 10.2 Å². The number of carbonyl (C=O) groups excluding carboxylic acids is 1. The number of hydrogen-bond acceptors (Lipinski definition) is 3. The van der Waals surface area contributed by atoms with E-state index in [-0.39, 0.29) is 12.1 Å². The van der Waals surface area contributed by atoms with E-state index < -0.39 is 11.5 Å². The molecule has 2 amide bonds. The Kier molecular flexibility index (Phi) is 7.13. The third kappa shape index (κ3) is 4.40. The maximum atomic E-state index is 12.0. The number of amides is 2. The summed E-state index contributed by atoms with van der Waals surface area (Å²) >= 11 is 1.67. The highest BCUT2D eigenvalue weighted by atomic mass is 32.2. The number of rotatable bonds is 7. The smallest absolute Gasteiger partial charge is 0.329 e. The van der Waals surface area contributed by atoms with Gasteiger partial charge >= 0.3 is 12.0 Å². The molecule has 0 saturated heterocycles. The van der Waals surface area contributed by atoms with E-state index in [1.165, 1.54) is 6.92 Å². The van der Waals surface area contributed by atoms with E-state index in [4.69, 9.17) is 5.11 Å². The van der Waals surface area contributed by atoms with Gasteiger partial charge in [0.25, 0.3) is 0 Å². The Hall–Kier alpha value is -0.910. The van der Waals surface area contributed by atoms with E-state index >= 15 is 0 Å². The molecule has 0 aromatic rings. The summed E-state index contributed by atoms with van der Waals surface area (Å²) in [5.74, 6) is -0.166. The second-order valence-electron chi connectivity index (χ2n) is 4.55.